The average Bonchev–Trinajstić information content (AvgIpc) is 3.37. The highest BCUT2D eigenvalue weighted by Crippen LogP contribution is 2.29. The van der Waals surface area contributed by atoms with Gasteiger partial charge in [-0.3, -0.25) is 14.8 Å². The number of nitrogens with zero attached hydrogens (tertiary/aromatic N) is 3. The number of piperazine rings is 1. The summed E-state index contributed by atoms with van der Waals surface area (Å²) in [5.74, 6) is 0.00954. The minimum atomic E-state index is 0.00954. The second-order valence-corrected chi connectivity index (χ2v) is 8.08. The van der Waals surface area contributed by atoms with E-state index in [1.54, 1.807) is 0 Å². The quantitative estimate of drug-likeness (QED) is 0.510. The van der Waals surface area contributed by atoms with Crippen molar-refractivity contribution in [2.24, 2.45) is 0 Å². The Kier molecular flexibility index (Phi) is 5.81. The summed E-state index contributed by atoms with van der Waals surface area (Å²) in [6.07, 6.45) is 0. The van der Waals surface area contributed by atoms with Crippen LogP contribution < -0.4 is 0 Å². The zero-order valence-corrected chi connectivity index (χ0v) is 17.9. The predicted molar refractivity (Wildman–Crippen MR) is 126 cm³/mol. The van der Waals surface area contributed by atoms with Gasteiger partial charge in [0.2, 0.25) is 0 Å². The Balaban J connectivity index is 1.30. The van der Waals surface area contributed by atoms with Gasteiger partial charge in [-0.2, -0.15) is 5.10 Å². The molecule has 3 aromatic carbocycles. The van der Waals surface area contributed by atoms with E-state index in [1.807, 2.05) is 41.3 Å². The highest BCUT2D eigenvalue weighted by Gasteiger charge is 2.29. The van der Waals surface area contributed by atoms with Gasteiger partial charge in [-0.25, -0.2) is 0 Å². The molecule has 32 heavy (non-hydrogen) atoms. The summed E-state index contributed by atoms with van der Waals surface area (Å²) in [5, 5.41) is 7.27. The number of hydrogen-bond donors (Lipinski definition) is 1. The van der Waals surface area contributed by atoms with E-state index in [0.29, 0.717) is 18.8 Å². The van der Waals surface area contributed by atoms with E-state index in [-0.39, 0.29) is 11.9 Å². The van der Waals surface area contributed by atoms with Gasteiger partial charge in [-0.1, -0.05) is 91.0 Å². The lowest BCUT2D eigenvalue weighted by Gasteiger charge is -2.39. The Morgan fingerprint density at radius 3 is 1.84 bits per heavy atom. The lowest BCUT2D eigenvalue weighted by Crippen LogP contribution is -2.50. The molecule has 1 amide bonds. The maximum Gasteiger partial charge on any atom is 0.271 e. The van der Waals surface area contributed by atoms with Gasteiger partial charge in [-0.05, 0) is 17.2 Å². The standard InChI is InChI=1S/C27H26N4O/c32-27(25-20-24(28-29-25)21-10-4-1-5-11-21)31-18-16-30(17-19-31)26(22-12-6-2-7-13-22)23-14-8-3-9-15-23/h1-15,20,26H,16-19H2,(H,28,29). The number of benzene rings is 3. The molecule has 1 aliphatic rings. The van der Waals surface area contributed by atoms with Crippen molar-refractivity contribution in [1.82, 2.24) is 20.0 Å². The molecule has 5 heteroatoms. The summed E-state index contributed by atoms with van der Waals surface area (Å²) >= 11 is 0. The third-order valence-corrected chi connectivity index (χ3v) is 6.08. The van der Waals surface area contributed by atoms with Crippen molar-refractivity contribution >= 4 is 5.91 Å². The van der Waals surface area contributed by atoms with Crippen molar-refractivity contribution in [1.29, 1.82) is 0 Å². The van der Waals surface area contributed by atoms with Crippen LogP contribution in [0.4, 0.5) is 0 Å². The van der Waals surface area contributed by atoms with E-state index in [0.717, 1.165) is 24.3 Å². The van der Waals surface area contributed by atoms with Gasteiger partial charge in [0.1, 0.15) is 5.69 Å². The molecule has 5 rings (SSSR count). The number of aromatic amines is 1. The van der Waals surface area contributed by atoms with Crippen LogP contribution in [0.25, 0.3) is 11.3 Å². The van der Waals surface area contributed by atoms with E-state index < -0.39 is 0 Å². The van der Waals surface area contributed by atoms with Crippen molar-refractivity contribution in [2.45, 2.75) is 6.04 Å². The Hall–Kier alpha value is -3.70. The smallest absolute Gasteiger partial charge is 0.271 e. The van der Waals surface area contributed by atoms with Crippen molar-refractivity contribution in [3.05, 3.63) is 114 Å². The Labute approximate surface area is 188 Å². The van der Waals surface area contributed by atoms with Crippen LogP contribution in [0.3, 0.4) is 0 Å². The summed E-state index contributed by atoms with van der Waals surface area (Å²) in [6, 6.07) is 33.2. The number of aromatic nitrogens is 2. The SMILES string of the molecule is O=C(c1cc(-c2ccccc2)n[nH]1)N1CCN(C(c2ccccc2)c2ccccc2)CC1. The lowest BCUT2D eigenvalue weighted by atomic mass is 9.96. The number of amides is 1. The number of hydrogen-bond acceptors (Lipinski definition) is 3. The van der Waals surface area contributed by atoms with Gasteiger partial charge in [0.05, 0.1) is 11.7 Å². The van der Waals surface area contributed by atoms with Crippen LogP contribution in [0.1, 0.15) is 27.7 Å². The molecule has 0 aliphatic carbocycles. The third-order valence-electron chi connectivity index (χ3n) is 6.08. The second-order valence-electron chi connectivity index (χ2n) is 8.08. The molecular formula is C27H26N4O. The molecule has 0 unspecified atom stereocenters. The number of carbonyl (C=O) groups is 1. The number of carbonyl (C=O) groups excluding carboxylic acids is 1. The van der Waals surface area contributed by atoms with Gasteiger partial charge < -0.3 is 4.90 Å². The average molecular weight is 423 g/mol. The summed E-state index contributed by atoms with van der Waals surface area (Å²) < 4.78 is 0. The minimum Gasteiger partial charge on any atom is -0.335 e. The predicted octanol–water partition coefficient (Wildman–Crippen LogP) is 4.62. The second kappa shape index (κ2) is 9.20. The van der Waals surface area contributed by atoms with E-state index in [2.05, 4.69) is 75.8 Å². The molecule has 0 radical (unpaired) electrons. The molecule has 5 nitrogen and oxygen atoms in total. The Morgan fingerprint density at radius 2 is 1.28 bits per heavy atom. The number of rotatable bonds is 5. The monoisotopic (exact) mass is 422 g/mol. The third kappa shape index (κ3) is 4.20. The summed E-state index contributed by atoms with van der Waals surface area (Å²) in [4.78, 5) is 17.5. The van der Waals surface area contributed by atoms with Gasteiger partial charge >= 0.3 is 0 Å². The lowest BCUT2D eigenvalue weighted by molar-refractivity contribution is 0.0592. The molecule has 1 N–H and O–H groups in total. The molecule has 1 aliphatic heterocycles. The van der Waals surface area contributed by atoms with E-state index in [1.165, 1.54) is 11.1 Å². The van der Waals surface area contributed by atoms with Gasteiger partial charge in [0, 0.05) is 31.7 Å². The number of nitrogens with one attached hydrogen (secondary N) is 1. The molecule has 1 aromatic heterocycles. The molecule has 160 valence electrons. The maximum absolute atomic E-state index is 13.1. The van der Waals surface area contributed by atoms with E-state index in [9.17, 15) is 4.79 Å². The Bertz CT molecular complexity index is 1110. The van der Waals surface area contributed by atoms with Gasteiger partial charge in [0.15, 0.2) is 0 Å². The highest BCUT2D eigenvalue weighted by molar-refractivity contribution is 5.93. The molecular weight excluding hydrogens is 396 g/mol. The first-order valence-corrected chi connectivity index (χ1v) is 11.0. The van der Waals surface area contributed by atoms with E-state index >= 15 is 0 Å². The van der Waals surface area contributed by atoms with Crippen LogP contribution in [0.2, 0.25) is 0 Å². The van der Waals surface area contributed by atoms with Crippen molar-refractivity contribution in [3.63, 3.8) is 0 Å². The van der Waals surface area contributed by atoms with Crippen LogP contribution in [0.15, 0.2) is 97.1 Å². The Morgan fingerprint density at radius 1 is 0.750 bits per heavy atom. The first-order chi connectivity index (χ1) is 15.8. The minimum absolute atomic E-state index is 0.00954. The molecule has 0 saturated carbocycles. The first kappa shape index (κ1) is 20.2. The molecule has 2 heterocycles. The fraction of sp³-hybridized carbons (Fsp3) is 0.185. The first-order valence-electron chi connectivity index (χ1n) is 11.0. The van der Waals surface area contributed by atoms with Crippen molar-refractivity contribution in [3.8, 4) is 11.3 Å². The highest BCUT2D eigenvalue weighted by atomic mass is 16.2. The van der Waals surface area contributed by atoms with Crippen LogP contribution in [-0.4, -0.2) is 52.1 Å². The van der Waals surface area contributed by atoms with E-state index in [4.69, 9.17) is 0 Å². The van der Waals surface area contributed by atoms with Crippen LogP contribution >= 0.6 is 0 Å². The summed E-state index contributed by atoms with van der Waals surface area (Å²) in [7, 11) is 0. The normalized spacial score (nSPS) is 14.6. The fourth-order valence-electron chi connectivity index (χ4n) is 4.43. The van der Waals surface area contributed by atoms with Gasteiger partial charge in [0.25, 0.3) is 5.91 Å². The largest absolute Gasteiger partial charge is 0.335 e. The fourth-order valence-corrected chi connectivity index (χ4v) is 4.43. The molecule has 1 fully saturated rings. The number of H-pyrrole nitrogens is 1. The van der Waals surface area contributed by atoms with Crippen LogP contribution in [0.5, 0.6) is 0 Å². The molecule has 0 spiro atoms. The summed E-state index contributed by atoms with van der Waals surface area (Å²) in [5.41, 5.74) is 4.89. The van der Waals surface area contributed by atoms with Crippen LogP contribution in [-0.2, 0) is 0 Å². The maximum atomic E-state index is 13.1. The zero-order chi connectivity index (χ0) is 21.8. The van der Waals surface area contributed by atoms with Crippen LogP contribution in [0, 0.1) is 0 Å². The molecule has 1 saturated heterocycles. The van der Waals surface area contributed by atoms with Crippen molar-refractivity contribution in [2.75, 3.05) is 26.2 Å². The van der Waals surface area contributed by atoms with Gasteiger partial charge in [-0.15, -0.1) is 0 Å². The molecule has 4 aromatic rings. The molecule has 0 bridgehead atoms. The van der Waals surface area contributed by atoms with Crippen molar-refractivity contribution < 1.29 is 4.79 Å². The molecule has 0 atom stereocenters. The topological polar surface area (TPSA) is 52.2 Å². The summed E-state index contributed by atoms with van der Waals surface area (Å²) in [6.45, 7) is 3.02. The zero-order valence-electron chi connectivity index (χ0n) is 17.9.